The number of likely N-dealkylation sites (N-methyl/N-ethyl adjacent to an activating group) is 1. The van der Waals surface area contributed by atoms with Crippen molar-refractivity contribution in [3.8, 4) is 17.6 Å². The lowest BCUT2D eigenvalue weighted by Gasteiger charge is -2.33. The smallest absolute Gasteiger partial charge is 0.232 e. The predicted octanol–water partition coefficient (Wildman–Crippen LogP) is 5.49. The number of hydrogen-bond donors (Lipinski definition) is 0. The number of halogens is 1. The van der Waals surface area contributed by atoms with E-state index in [1.54, 1.807) is 18.6 Å². The second kappa shape index (κ2) is 9.96. The molecule has 2 aromatic carbocycles. The van der Waals surface area contributed by atoms with E-state index in [1.807, 2.05) is 47.0 Å². The van der Waals surface area contributed by atoms with Crippen LogP contribution in [0.1, 0.15) is 49.3 Å². The van der Waals surface area contributed by atoms with E-state index in [2.05, 4.69) is 46.6 Å². The molecule has 0 spiro atoms. The van der Waals surface area contributed by atoms with Crippen molar-refractivity contribution in [3.05, 3.63) is 75.4 Å². The number of hydrogen-bond acceptors (Lipinski definition) is 4. The molecule has 1 fully saturated rings. The standard InChI is InChI=1S/C26H27IN4O2/c1-3-26(10-4-5-12-30(2)25(26)32)21-8-9-22(27)24(15-21)33-23-14-19(6-7-20(23)16-28)17-31-13-11-29-18-31/h6-9,11,13-15,18H,3-5,10,12,17H2,1-2H3. The van der Waals surface area contributed by atoms with E-state index in [-0.39, 0.29) is 5.91 Å². The van der Waals surface area contributed by atoms with Crippen LogP contribution < -0.4 is 4.74 Å². The van der Waals surface area contributed by atoms with Crippen molar-refractivity contribution in [3.63, 3.8) is 0 Å². The Balaban J connectivity index is 1.70. The van der Waals surface area contributed by atoms with Gasteiger partial charge in [0.15, 0.2) is 0 Å². The molecule has 33 heavy (non-hydrogen) atoms. The third-order valence-electron chi connectivity index (χ3n) is 6.50. The Morgan fingerprint density at radius 3 is 2.79 bits per heavy atom. The van der Waals surface area contributed by atoms with Crippen LogP contribution in [-0.2, 0) is 16.8 Å². The zero-order valence-electron chi connectivity index (χ0n) is 18.9. The van der Waals surface area contributed by atoms with E-state index in [9.17, 15) is 10.1 Å². The van der Waals surface area contributed by atoms with Gasteiger partial charge < -0.3 is 14.2 Å². The highest BCUT2D eigenvalue weighted by Gasteiger charge is 2.41. The molecule has 0 radical (unpaired) electrons. The molecule has 170 valence electrons. The quantitative estimate of drug-likeness (QED) is 0.378. The maximum Gasteiger partial charge on any atom is 0.232 e. The first-order valence-corrected chi connectivity index (χ1v) is 12.3. The zero-order chi connectivity index (χ0) is 23.4. The lowest BCUT2D eigenvalue weighted by atomic mass is 9.73. The van der Waals surface area contributed by atoms with Gasteiger partial charge in [-0.3, -0.25) is 4.79 Å². The molecule has 1 atom stereocenters. The first kappa shape index (κ1) is 23.3. The third-order valence-corrected chi connectivity index (χ3v) is 7.39. The van der Waals surface area contributed by atoms with Crippen molar-refractivity contribution in [1.29, 1.82) is 5.26 Å². The Hall–Kier alpha value is -2.86. The van der Waals surface area contributed by atoms with Crippen LogP contribution in [0.15, 0.2) is 55.1 Å². The topological polar surface area (TPSA) is 71.2 Å². The summed E-state index contributed by atoms with van der Waals surface area (Å²) in [5.41, 5.74) is 1.92. The van der Waals surface area contributed by atoms with Gasteiger partial charge >= 0.3 is 0 Å². The lowest BCUT2D eigenvalue weighted by Crippen LogP contribution is -2.43. The minimum atomic E-state index is -0.547. The number of likely N-dealkylation sites (tertiary alicyclic amines) is 1. The van der Waals surface area contributed by atoms with Crippen molar-refractivity contribution in [2.24, 2.45) is 0 Å². The van der Waals surface area contributed by atoms with Crippen LogP contribution in [0, 0.1) is 14.9 Å². The van der Waals surface area contributed by atoms with Gasteiger partial charge in [0.25, 0.3) is 0 Å². The van der Waals surface area contributed by atoms with Crippen LogP contribution in [0.2, 0.25) is 0 Å². The molecule has 1 amide bonds. The maximum atomic E-state index is 13.4. The van der Waals surface area contributed by atoms with Crippen molar-refractivity contribution >= 4 is 28.5 Å². The SMILES string of the molecule is CCC1(c2ccc(I)c(Oc3cc(Cn4ccnc4)ccc3C#N)c2)CCCCN(C)C1=O. The monoisotopic (exact) mass is 554 g/mol. The van der Waals surface area contributed by atoms with Crippen molar-refractivity contribution in [1.82, 2.24) is 14.5 Å². The van der Waals surface area contributed by atoms with Crippen LogP contribution in [0.3, 0.4) is 0 Å². The number of imidazole rings is 1. The molecule has 0 bridgehead atoms. The molecule has 3 aromatic rings. The molecule has 0 aliphatic carbocycles. The van der Waals surface area contributed by atoms with E-state index in [0.717, 1.165) is 46.9 Å². The minimum Gasteiger partial charge on any atom is -0.455 e. The van der Waals surface area contributed by atoms with E-state index < -0.39 is 5.41 Å². The number of aromatic nitrogens is 2. The zero-order valence-corrected chi connectivity index (χ0v) is 21.1. The van der Waals surface area contributed by atoms with Gasteiger partial charge in [0.2, 0.25) is 5.91 Å². The van der Waals surface area contributed by atoms with Crippen LogP contribution >= 0.6 is 22.6 Å². The number of ether oxygens (including phenoxy) is 1. The molecule has 6 nitrogen and oxygen atoms in total. The molecule has 1 aliphatic rings. The Morgan fingerprint density at radius 2 is 2.06 bits per heavy atom. The maximum absolute atomic E-state index is 13.4. The number of carbonyl (C=O) groups is 1. The second-order valence-electron chi connectivity index (χ2n) is 8.54. The molecule has 4 rings (SSSR count). The highest BCUT2D eigenvalue weighted by atomic mass is 127. The summed E-state index contributed by atoms with van der Waals surface area (Å²) in [5, 5.41) is 9.65. The second-order valence-corrected chi connectivity index (χ2v) is 9.71. The van der Waals surface area contributed by atoms with Gasteiger partial charge in [-0.05, 0) is 77.2 Å². The third kappa shape index (κ3) is 4.76. The molecule has 2 heterocycles. The van der Waals surface area contributed by atoms with Gasteiger partial charge in [-0.2, -0.15) is 5.26 Å². The van der Waals surface area contributed by atoms with E-state index in [0.29, 0.717) is 23.6 Å². The van der Waals surface area contributed by atoms with E-state index in [4.69, 9.17) is 4.74 Å². The summed E-state index contributed by atoms with van der Waals surface area (Å²) in [6.07, 6.45) is 9.00. The number of nitrogens with zero attached hydrogens (tertiary/aromatic N) is 4. The molecule has 0 saturated carbocycles. The van der Waals surface area contributed by atoms with Gasteiger partial charge in [-0.25, -0.2) is 4.98 Å². The molecule has 1 aromatic heterocycles. The molecule has 1 unspecified atom stereocenters. The first-order valence-electron chi connectivity index (χ1n) is 11.2. The predicted molar refractivity (Wildman–Crippen MR) is 135 cm³/mol. The number of nitriles is 1. The number of amides is 1. The summed E-state index contributed by atoms with van der Waals surface area (Å²) >= 11 is 2.24. The summed E-state index contributed by atoms with van der Waals surface area (Å²) in [7, 11) is 1.90. The van der Waals surface area contributed by atoms with Crippen molar-refractivity contribution in [2.45, 2.75) is 44.6 Å². The van der Waals surface area contributed by atoms with Gasteiger partial charge in [0.05, 0.1) is 20.9 Å². The summed E-state index contributed by atoms with van der Waals surface area (Å²) in [6, 6.07) is 13.9. The molecular formula is C26H27IN4O2. The van der Waals surface area contributed by atoms with E-state index >= 15 is 0 Å². The average molecular weight is 554 g/mol. The number of carbonyl (C=O) groups excluding carboxylic acids is 1. The largest absolute Gasteiger partial charge is 0.455 e. The normalized spacial score (nSPS) is 18.6. The van der Waals surface area contributed by atoms with Crippen molar-refractivity contribution < 1.29 is 9.53 Å². The van der Waals surface area contributed by atoms with Crippen LogP contribution in [-0.4, -0.2) is 34.0 Å². The summed E-state index contributed by atoms with van der Waals surface area (Å²) in [5.74, 6) is 1.35. The fraction of sp³-hybridized carbons (Fsp3) is 0.346. The fourth-order valence-electron chi connectivity index (χ4n) is 4.58. The highest BCUT2D eigenvalue weighted by molar-refractivity contribution is 14.1. The molecule has 1 aliphatic heterocycles. The summed E-state index contributed by atoms with van der Waals surface area (Å²) in [4.78, 5) is 19.3. The van der Waals surface area contributed by atoms with Crippen LogP contribution in [0.25, 0.3) is 0 Å². The average Bonchev–Trinajstić information content (AvgIpc) is 3.28. The number of benzene rings is 2. The highest BCUT2D eigenvalue weighted by Crippen LogP contribution is 2.40. The molecule has 0 N–H and O–H groups in total. The van der Waals surface area contributed by atoms with Crippen molar-refractivity contribution in [2.75, 3.05) is 13.6 Å². The fourth-order valence-corrected chi connectivity index (χ4v) is 5.03. The summed E-state index contributed by atoms with van der Waals surface area (Å²) in [6.45, 7) is 3.52. The van der Waals surface area contributed by atoms with Gasteiger partial charge in [-0.1, -0.05) is 25.5 Å². The minimum absolute atomic E-state index is 0.176. The molecule has 1 saturated heterocycles. The van der Waals surface area contributed by atoms with E-state index in [1.165, 1.54) is 0 Å². The Labute approximate surface area is 208 Å². The van der Waals surface area contributed by atoms with Crippen LogP contribution in [0.4, 0.5) is 0 Å². The Morgan fingerprint density at radius 1 is 1.21 bits per heavy atom. The van der Waals surface area contributed by atoms with Crippen LogP contribution in [0.5, 0.6) is 11.5 Å². The molecule has 7 heteroatoms. The lowest BCUT2D eigenvalue weighted by molar-refractivity contribution is -0.135. The first-order chi connectivity index (χ1) is 16.0. The summed E-state index contributed by atoms with van der Waals surface area (Å²) < 4.78 is 9.22. The number of rotatable bonds is 6. The Bertz CT molecular complexity index is 1190. The molecular weight excluding hydrogens is 527 g/mol. The Kier molecular flexibility index (Phi) is 7.03. The van der Waals surface area contributed by atoms with Gasteiger partial charge in [-0.15, -0.1) is 0 Å². The van der Waals surface area contributed by atoms with Gasteiger partial charge in [0, 0.05) is 32.5 Å². The van der Waals surface area contributed by atoms with Gasteiger partial charge in [0.1, 0.15) is 17.6 Å².